The van der Waals surface area contributed by atoms with Crippen molar-refractivity contribution in [3.05, 3.63) is 47.0 Å². The molecular formula is C19H24N6OS. The zero-order valence-electron chi connectivity index (χ0n) is 15.6. The van der Waals surface area contributed by atoms with Crippen LogP contribution < -0.4 is 10.6 Å². The van der Waals surface area contributed by atoms with Crippen molar-refractivity contribution >= 4 is 23.2 Å². The first-order valence-electron chi connectivity index (χ1n) is 9.01. The van der Waals surface area contributed by atoms with Gasteiger partial charge in [0.05, 0.1) is 11.2 Å². The summed E-state index contributed by atoms with van der Waals surface area (Å²) in [6, 6.07) is 5.99. The molecule has 142 valence electrons. The Kier molecular flexibility index (Phi) is 6.54. The van der Waals surface area contributed by atoms with Crippen LogP contribution in [-0.4, -0.2) is 38.9 Å². The van der Waals surface area contributed by atoms with Gasteiger partial charge in [0.25, 0.3) is 0 Å². The Hall–Kier alpha value is -2.74. The molecular weight excluding hydrogens is 360 g/mol. The zero-order chi connectivity index (χ0) is 19.1. The third-order valence-electron chi connectivity index (χ3n) is 4.02. The second-order valence-corrected chi connectivity index (χ2v) is 7.26. The van der Waals surface area contributed by atoms with Gasteiger partial charge in [-0.2, -0.15) is 0 Å². The predicted octanol–water partition coefficient (Wildman–Crippen LogP) is 3.10. The van der Waals surface area contributed by atoms with Gasteiger partial charge in [0.1, 0.15) is 5.69 Å². The summed E-state index contributed by atoms with van der Waals surface area (Å²) in [6.45, 7) is 5.14. The molecule has 3 rings (SSSR count). The lowest BCUT2D eigenvalue weighted by Gasteiger charge is -2.07. The van der Waals surface area contributed by atoms with Crippen molar-refractivity contribution in [3.63, 3.8) is 0 Å². The molecule has 3 aromatic rings. The zero-order valence-corrected chi connectivity index (χ0v) is 16.4. The summed E-state index contributed by atoms with van der Waals surface area (Å²) in [4.78, 5) is 29.3. The van der Waals surface area contributed by atoms with Crippen LogP contribution in [-0.2, 0) is 11.2 Å². The molecule has 3 N–H and O–H groups in total. The molecule has 7 nitrogen and oxygen atoms in total. The second-order valence-electron chi connectivity index (χ2n) is 6.31. The average molecular weight is 385 g/mol. The van der Waals surface area contributed by atoms with Gasteiger partial charge in [-0.25, -0.2) is 15.0 Å². The van der Waals surface area contributed by atoms with Crippen LogP contribution in [0.2, 0.25) is 0 Å². The van der Waals surface area contributed by atoms with E-state index in [-0.39, 0.29) is 5.91 Å². The van der Waals surface area contributed by atoms with Crippen LogP contribution >= 0.6 is 11.3 Å². The van der Waals surface area contributed by atoms with Gasteiger partial charge in [-0.05, 0) is 37.8 Å². The SMILES string of the molecule is Cc1cc(C)nc(NCCCC(=O)NCCc2[nH]cnc2-c2cccs2)n1. The van der Waals surface area contributed by atoms with Gasteiger partial charge in [-0.1, -0.05) is 6.07 Å². The Morgan fingerprint density at radius 3 is 2.78 bits per heavy atom. The number of aromatic nitrogens is 4. The minimum atomic E-state index is 0.0512. The van der Waals surface area contributed by atoms with E-state index in [0.29, 0.717) is 25.5 Å². The number of amides is 1. The number of anilines is 1. The lowest BCUT2D eigenvalue weighted by atomic mass is 10.2. The van der Waals surface area contributed by atoms with Crippen molar-refractivity contribution in [2.24, 2.45) is 0 Å². The van der Waals surface area contributed by atoms with Gasteiger partial charge < -0.3 is 15.6 Å². The standard InChI is InChI=1S/C19H24N6OS/c1-13-11-14(2)25-19(24-13)21-8-3-6-17(26)20-9-7-15-18(23-12-22-15)16-5-4-10-27-16/h4-5,10-12H,3,6-9H2,1-2H3,(H,20,26)(H,22,23)(H,21,24,25). The number of imidazole rings is 1. The first-order valence-corrected chi connectivity index (χ1v) is 9.89. The summed E-state index contributed by atoms with van der Waals surface area (Å²) in [6.07, 6.45) is 3.63. The molecule has 0 bridgehead atoms. The highest BCUT2D eigenvalue weighted by Crippen LogP contribution is 2.25. The van der Waals surface area contributed by atoms with Crippen molar-refractivity contribution in [2.45, 2.75) is 33.1 Å². The van der Waals surface area contributed by atoms with E-state index < -0.39 is 0 Å². The van der Waals surface area contributed by atoms with Gasteiger partial charge in [-0.3, -0.25) is 4.79 Å². The molecule has 8 heteroatoms. The largest absolute Gasteiger partial charge is 0.356 e. The molecule has 0 saturated carbocycles. The smallest absolute Gasteiger partial charge is 0.223 e. The van der Waals surface area contributed by atoms with Gasteiger partial charge in [0, 0.05) is 43.0 Å². The number of carbonyl (C=O) groups excluding carboxylic acids is 1. The van der Waals surface area contributed by atoms with Gasteiger partial charge in [0.15, 0.2) is 0 Å². The van der Waals surface area contributed by atoms with E-state index in [9.17, 15) is 4.79 Å². The number of aryl methyl sites for hydroxylation is 2. The Morgan fingerprint density at radius 1 is 1.22 bits per heavy atom. The Labute approximate surface area is 162 Å². The monoisotopic (exact) mass is 384 g/mol. The maximum absolute atomic E-state index is 12.0. The molecule has 0 unspecified atom stereocenters. The van der Waals surface area contributed by atoms with Gasteiger partial charge in [-0.15, -0.1) is 11.3 Å². The molecule has 0 aromatic carbocycles. The maximum atomic E-state index is 12.0. The summed E-state index contributed by atoms with van der Waals surface area (Å²) < 4.78 is 0. The van der Waals surface area contributed by atoms with E-state index in [1.165, 1.54) is 0 Å². The molecule has 3 aromatic heterocycles. The summed E-state index contributed by atoms with van der Waals surface area (Å²) in [5.74, 6) is 0.670. The molecule has 0 saturated heterocycles. The molecule has 0 aliphatic rings. The molecule has 3 heterocycles. The number of hydrogen-bond donors (Lipinski definition) is 3. The molecule has 0 aliphatic heterocycles. The summed E-state index contributed by atoms with van der Waals surface area (Å²) in [5, 5.41) is 8.17. The predicted molar refractivity (Wildman–Crippen MR) is 108 cm³/mol. The van der Waals surface area contributed by atoms with E-state index in [2.05, 4.69) is 36.6 Å². The molecule has 0 aliphatic carbocycles. The third kappa shape index (κ3) is 5.62. The molecule has 27 heavy (non-hydrogen) atoms. The lowest BCUT2D eigenvalue weighted by Crippen LogP contribution is -2.26. The fourth-order valence-electron chi connectivity index (χ4n) is 2.81. The number of rotatable bonds is 9. The van der Waals surface area contributed by atoms with E-state index >= 15 is 0 Å². The normalized spacial score (nSPS) is 10.7. The van der Waals surface area contributed by atoms with Crippen LogP contribution in [0.15, 0.2) is 29.9 Å². The summed E-state index contributed by atoms with van der Waals surface area (Å²) >= 11 is 1.66. The number of hydrogen-bond acceptors (Lipinski definition) is 6. The van der Waals surface area contributed by atoms with Crippen molar-refractivity contribution in [1.82, 2.24) is 25.3 Å². The highest BCUT2D eigenvalue weighted by atomic mass is 32.1. The molecule has 1 amide bonds. The number of carbonyl (C=O) groups is 1. The fraction of sp³-hybridized carbons (Fsp3) is 0.368. The van der Waals surface area contributed by atoms with E-state index in [0.717, 1.165) is 40.5 Å². The van der Waals surface area contributed by atoms with E-state index in [4.69, 9.17) is 0 Å². The van der Waals surface area contributed by atoms with Crippen LogP contribution in [0.25, 0.3) is 10.6 Å². The maximum Gasteiger partial charge on any atom is 0.223 e. The molecule has 0 radical (unpaired) electrons. The van der Waals surface area contributed by atoms with Crippen LogP contribution in [0.1, 0.15) is 29.9 Å². The van der Waals surface area contributed by atoms with Gasteiger partial charge >= 0.3 is 0 Å². The van der Waals surface area contributed by atoms with Crippen LogP contribution in [0, 0.1) is 13.8 Å². The highest BCUT2D eigenvalue weighted by molar-refractivity contribution is 7.13. The summed E-state index contributed by atoms with van der Waals surface area (Å²) in [5.41, 5.74) is 3.88. The van der Waals surface area contributed by atoms with Crippen LogP contribution in [0.4, 0.5) is 5.95 Å². The molecule has 0 fully saturated rings. The number of nitrogens with one attached hydrogen (secondary N) is 3. The van der Waals surface area contributed by atoms with E-state index in [1.807, 2.05) is 31.4 Å². The molecule has 0 spiro atoms. The quantitative estimate of drug-likeness (QED) is 0.493. The topological polar surface area (TPSA) is 95.6 Å². The van der Waals surface area contributed by atoms with Crippen molar-refractivity contribution in [1.29, 1.82) is 0 Å². The Morgan fingerprint density at radius 2 is 2.04 bits per heavy atom. The Balaban J connectivity index is 1.35. The lowest BCUT2D eigenvalue weighted by molar-refractivity contribution is -0.121. The van der Waals surface area contributed by atoms with Gasteiger partial charge in [0.2, 0.25) is 11.9 Å². The Bertz CT molecular complexity index is 854. The van der Waals surface area contributed by atoms with Crippen molar-refractivity contribution < 1.29 is 4.79 Å². The molecule has 0 atom stereocenters. The van der Waals surface area contributed by atoms with E-state index in [1.54, 1.807) is 17.7 Å². The minimum Gasteiger partial charge on any atom is -0.356 e. The van der Waals surface area contributed by atoms with Crippen molar-refractivity contribution in [3.8, 4) is 10.6 Å². The first-order chi connectivity index (χ1) is 13.1. The van der Waals surface area contributed by atoms with Crippen LogP contribution in [0.3, 0.4) is 0 Å². The minimum absolute atomic E-state index is 0.0512. The number of thiophene rings is 1. The second kappa shape index (κ2) is 9.27. The first kappa shape index (κ1) is 19.0. The van der Waals surface area contributed by atoms with Crippen LogP contribution in [0.5, 0.6) is 0 Å². The summed E-state index contributed by atoms with van der Waals surface area (Å²) in [7, 11) is 0. The highest BCUT2D eigenvalue weighted by Gasteiger charge is 2.09. The average Bonchev–Trinajstić information content (AvgIpc) is 3.29. The number of aromatic amines is 1. The fourth-order valence-corrected chi connectivity index (χ4v) is 3.56. The van der Waals surface area contributed by atoms with Crippen molar-refractivity contribution in [2.75, 3.05) is 18.4 Å². The number of H-pyrrole nitrogens is 1. The number of nitrogens with zero attached hydrogens (tertiary/aromatic N) is 3. The third-order valence-corrected chi connectivity index (χ3v) is 4.89.